The predicted octanol–water partition coefficient (Wildman–Crippen LogP) is 5.03. The van der Waals surface area contributed by atoms with E-state index >= 15 is 0 Å². The second kappa shape index (κ2) is 7.03. The van der Waals surface area contributed by atoms with Crippen molar-refractivity contribution >= 4 is 23.3 Å². The number of halogens is 1. The van der Waals surface area contributed by atoms with Crippen molar-refractivity contribution in [2.45, 2.75) is 39.0 Å². The van der Waals surface area contributed by atoms with Crippen LogP contribution >= 0.6 is 11.6 Å². The average Bonchev–Trinajstić information content (AvgIpc) is 2.56. The molecule has 25 heavy (non-hydrogen) atoms. The molecule has 134 valence electrons. The molecule has 4 bridgehead atoms. The molecule has 3 nitrogen and oxygen atoms in total. The van der Waals surface area contributed by atoms with Crippen molar-refractivity contribution in [1.82, 2.24) is 0 Å². The molecule has 0 atom stereocenters. The number of benzene rings is 1. The third-order valence-corrected chi connectivity index (χ3v) is 6.12. The summed E-state index contributed by atoms with van der Waals surface area (Å²) < 4.78 is 11.4. The molecule has 4 heteroatoms. The minimum atomic E-state index is -0.303. The van der Waals surface area contributed by atoms with E-state index in [4.69, 9.17) is 21.1 Å². The van der Waals surface area contributed by atoms with E-state index in [0.29, 0.717) is 30.1 Å². The van der Waals surface area contributed by atoms with Crippen LogP contribution in [0.25, 0.3) is 5.76 Å². The van der Waals surface area contributed by atoms with E-state index in [-0.39, 0.29) is 5.97 Å². The topological polar surface area (TPSA) is 35.5 Å². The fraction of sp³-hybridized carbons (Fsp3) is 0.571. The maximum atomic E-state index is 11.3. The second-order valence-corrected chi connectivity index (χ2v) is 8.13. The molecule has 5 rings (SSSR count). The van der Waals surface area contributed by atoms with E-state index < -0.39 is 0 Å². The van der Waals surface area contributed by atoms with Gasteiger partial charge in [0.2, 0.25) is 0 Å². The Morgan fingerprint density at radius 3 is 2.40 bits per heavy atom. The first kappa shape index (κ1) is 17.0. The lowest BCUT2D eigenvalue weighted by Gasteiger charge is -2.51. The van der Waals surface area contributed by atoms with Gasteiger partial charge in [-0.15, -0.1) is 11.6 Å². The summed E-state index contributed by atoms with van der Waals surface area (Å²) in [4.78, 5) is 11.3. The second-order valence-electron chi connectivity index (χ2n) is 7.75. The molecule has 4 aliphatic rings. The number of allylic oxidation sites excluding steroid dienone is 1. The van der Waals surface area contributed by atoms with Crippen molar-refractivity contribution in [3.63, 3.8) is 0 Å². The first-order valence-electron chi connectivity index (χ1n) is 9.35. The summed E-state index contributed by atoms with van der Waals surface area (Å²) in [6.07, 6.45) is 6.65. The summed E-state index contributed by atoms with van der Waals surface area (Å²) in [5.74, 6) is 4.85. The van der Waals surface area contributed by atoms with Crippen molar-refractivity contribution in [2.24, 2.45) is 23.7 Å². The van der Waals surface area contributed by atoms with Crippen molar-refractivity contribution in [2.75, 3.05) is 12.5 Å². The third kappa shape index (κ3) is 3.44. The van der Waals surface area contributed by atoms with Crippen molar-refractivity contribution in [3.8, 4) is 5.75 Å². The van der Waals surface area contributed by atoms with E-state index in [2.05, 4.69) is 6.07 Å². The van der Waals surface area contributed by atoms with Crippen molar-refractivity contribution in [3.05, 3.63) is 35.4 Å². The fourth-order valence-electron chi connectivity index (χ4n) is 5.40. The minimum Gasteiger partial charge on any atom is -0.492 e. The quantitative estimate of drug-likeness (QED) is 0.319. The molecule has 1 aromatic rings. The van der Waals surface area contributed by atoms with Gasteiger partial charge in [-0.3, -0.25) is 4.79 Å². The van der Waals surface area contributed by atoms with Crippen molar-refractivity contribution < 1.29 is 14.3 Å². The van der Waals surface area contributed by atoms with Gasteiger partial charge < -0.3 is 9.47 Å². The molecule has 0 spiro atoms. The van der Waals surface area contributed by atoms with Crippen LogP contribution in [0.2, 0.25) is 0 Å². The van der Waals surface area contributed by atoms with Crippen LogP contribution in [0.3, 0.4) is 0 Å². The molecule has 1 aromatic carbocycles. The number of carbonyl (C=O) groups is 1. The van der Waals surface area contributed by atoms with Crippen molar-refractivity contribution in [1.29, 1.82) is 0 Å². The number of carbonyl (C=O) groups excluding carboxylic acids is 1. The Morgan fingerprint density at radius 1 is 1.12 bits per heavy atom. The smallest absolute Gasteiger partial charge is 0.308 e. The number of alkyl halides is 1. The van der Waals surface area contributed by atoms with Crippen LogP contribution in [0.4, 0.5) is 0 Å². The van der Waals surface area contributed by atoms with Gasteiger partial charge >= 0.3 is 5.97 Å². The maximum Gasteiger partial charge on any atom is 0.308 e. The zero-order valence-corrected chi connectivity index (χ0v) is 15.4. The highest BCUT2D eigenvalue weighted by atomic mass is 35.5. The van der Waals surface area contributed by atoms with Crippen LogP contribution in [-0.4, -0.2) is 18.5 Å². The van der Waals surface area contributed by atoms with Gasteiger partial charge in [0, 0.05) is 12.5 Å². The normalized spacial score (nSPS) is 29.6. The Balaban J connectivity index is 1.72. The molecule has 0 amide bonds. The Labute approximate surface area is 154 Å². The lowest BCUT2D eigenvalue weighted by molar-refractivity contribution is -0.131. The fourth-order valence-corrected chi connectivity index (χ4v) is 5.48. The highest BCUT2D eigenvalue weighted by Gasteiger charge is 2.46. The molecule has 0 N–H and O–H groups in total. The Bertz CT molecular complexity index is 664. The predicted molar refractivity (Wildman–Crippen MR) is 98.4 cm³/mol. The van der Waals surface area contributed by atoms with Gasteiger partial charge in [-0.05, 0) is 73.5 Å². The Morgan fingerprint density at radius 2 is 1.80 bits per heavy atom. The Hall–Kier alpha value is -1.48. The summed E-state index contributed by atoms with van der Waals surface area (Å²) in [5, 5.41) is 0. The summed E-state index contributed by atoms with van der Waals surface area (Å²) in [5.41, 5.74) is 2.50. The van der Waals surface area contributed by atoms with Crippen LogP contribution in [-0.2, 0) is 9.53 Å². The monoisotopic (exact) mass is 360 g/mol. The molecule has 4 saturated carbocycles. The summed E-state index contributed by atoms with van der Waals surface area (Å²) in [7, 11) is 0. The largest absolute Gasteiger partial charge is 0.492 e. The molecule has 0 unspecified atom stereocenters. The van der Waals surface area contributed by atoms with E-state index in [1.165, 1.54) is 44.6 Å². The molecule has 0 radical (unpaired) electrons. The highest BCUT2D eigenvalue weighted by molar-refractivity contribution is 6.18. The third-order valence-electron chi connectivity index (χ3n) is 5.96. The standard InChI is InChI=1S/C21H25ClO3/c1-13(23)25-19-4-2-3-16(12-19)21(24-6-5-22)20-17-8-14-7-15(10-17)11-18(20)9-14/h2-4,12,14-15,17-18H,5-11H2,1H3. The number of rotatable bonds is 5. The zero-order valence-electron chi connectivity index (χ0n) is 14.7. The van der Waals surface area contributed by atoms with E-state index in [1.54, 1.807) is 0 Å². The van der Waals surface area contributed by atoms with Gasteiger partial charge in [0.05, 0.1) is 5.88 Å². The summed E-state index contributed by atoms with van der Waals surface area (Å²) in [6.45, 7) is 1.93. The molecule has 0 aliphatic heterocycles. The van der Waals surface area contributed by atoms with E-state index in [1.807, 2.05) is 18.2 Å². The van der Waals surface area contributed by atoms with Gasteiger partial charge in [0.1, 0.15) is 18.1 Å². The minimum absolute atomic E-state index is 0.303. The van der Waals surface area contributed by atoms with E-state index in [0.717, 1.165) is 23.2 Å². The first-order chi connectivity index (χ1) is 12.1. The maximum absolute atomic E-state index is 11.3. The van der Waals surface area contributed by atoms with Crippen LogP contribution in [0.5, 0.6) is 5.75 Å². The molecule has 4 aliphatic carbocycles. The Kier molecular flexibility index (Phi) is 4.77. The molecule has 0 aromatic heterocycles. The van der Waals surface area contributed by atoms with Crippen LogP contribution in [0, 0.1) is 23.7 Å². The van der Waals surface area contributed by atoms with Gasteiger partial charge in [-0.25, -0.2) is 0 Å². The average molecular weight is 361 g/mol. The zero-order chi connectivity index (χ0) is 17.4. The summed E-state index contributed by atoms with van der Waals surface area (Å²) in [6, 6.07) is 7.71. The van der Waals surface area contributed by atoms with Gasteiger partial charge in [-0.1, -0.05) is 12.1 Å². The molecular formula is C21H25ClO3. The number of esters is 1. The molecule has 4 fully saturated rings. The first-order valence-corrected chi connectivity index (χ1v) is 9.89. The van der Waals surface area contributed by atoms with Crippen LogP contribution in [0.1, 0.15) is 44.6 Å². The van der Waals surface area contributed by atoms with Gasteiger partial charge in [0.25, 0.3) is 0 Å². The SMILES string of the molecule is CC(=O)Oc1cccc(C(OCCCl)=C2C3CC4CC(C3)CC2C4)c1. The van der Waals surface area contributed by atoms with Crippen LogP contribution < -0.4 is 4.74 Å². The number of hydrogen-bond donors (Lipinski definition) is 0. The van der Waals surface area contributed by atoms with Gasteiger partial charge in [-0.2, -0.15) is 0 Å². The van der Waals surface area contributed by atoms with Gasteiger partial charge in [0.15, 0.2) is 0 Å². The molecule has 0 saturated heterocycles. The van der Waals surface area contributed by atoms with Crippen LogP contribution in [0.15, 0.2) is 29.8 Å². The highest BCUT2D eigenvalue weighted by Crippen LogP contribution is 2.58. The number of ether oxygens (including phenoxy) is 2. The summed E-state index contributed by atoms with van der Waals surface area (Å²) >= 11 is 5.91. The lowest BCUT2D eigenvalue weighted by Crippen LogP contribution is -2.41. The molecular weight excluding hydrogens is 336 g/mol. The lowest BCUT2D eigenvalue weighted by atomic mass is 9.54. The number of hydrogen-bond acceptors (Lipinski definition) is 3. The van der Waals surface area contributed by atoms with E-state index in [9.17, 15) is 4.79 Å². The molecule has 0 heterocycles.